The van der Waals surface area contributed by atoms with Crippen molar-refractivity contribution in [3.63, 3.8) is 0 Å². The van der Waals surface area contributed by atoms with Gasteiger partial charge < -0.3 is 5.32 Å². The highest BCUT2D eigenvalue weighted by Crippen LogP contribution is 2.49. The number of nitrogens with one attached hydrogen (secondary N) is 1. The van der Waals surface area contributed by atoms with Gasteiger partial charge in [0.2, 0.25) is 0 Å². The van der Waals surface area contributed by atoms with E-state index < -0.39 is 0 Å². The molecule has 1 fully saturated rings. The summed E-state index contributed by atoms with van der Waals surface area (Å²) in [6, 6.07) is 0.468. The van der Waals surface area contributed by atoms with Crippen LogP contribution in [0.2, 0.25) is 0 Å². The van der Waals surface area contributed by atoms with Crippen LogP contribution in [-0.4, -0.2) is 16.8 Å². The molecule has 1 aromatic heterocycles. The number of aromatic nitrogens is 2. The number of hydrogen-bond acceptors (Lipinski definition) is 2. The Hall–Kier alpha value is -0.830. The summed E-state index contributed by atoms with van der Waals surface area (Å²) < 4.78 is 2.08. The van der Waals surface area contributed by atoms with Crippen molar-refractivity contribution in [2.24, 2.45) is 5.41 Å². The molecule has 0 spiro atoms. The molecule has 1 atom stereocenters. The van der Waals surface area contributed by atoms with Crippen LogP contribution in [0.5, 0.6) is 0 Å². The van der Waals surface area contributed by atoms with Gasteiger partial charge in [-0.3, -0.25) is 4.68 Å². The van der Waals surface area contributed by atoms with Gasteiger partial charge >= 0.3 is 0 Å². The molecular weight excluding hydrogens is 222 g/mol. The lowest BCUT2D eigenvalue weighted by atomic mass is 9.74. The lowest BCUT2D eigenvalue weighted by molar-refractivity contribution is 0.195. The van der Waals surface area contributed by atoms with Crippen LogP contribution in [-0.2, 0) is 6.54 Å². The monoisotopic (exact) mass is 249 g/mol. The average Bonchev–Trinajstić information content (AvgIpc) is 3.01. The minimum absolute atomic E-state index is 0.453. The van der Waals surface area contributed by atoms with Crippen molar-refractivity contribution < 1.29 is 0 Å². The van der Waals surface area contributed by atoms with Gasteiger partial charge in [0, 0.05) is 24.3 Å². The zero-order chi connectivity index (χ0) is 13.0. The van der Waals surface area contributed by atoms with Gasteiger partial charge in [-0.05, 0) is 38.1 Å². The summed E-state index contributed by atoms with van der Waals surface area (Å²) in [4.78, 5) is 0. The number of rotatable bonds is 6. The second kappa shape index (κ2) is 5.87. The van der Waals surface area contributed by atoms with Gasteiger partial charge in [0.1, 0.15) is 0 Å². The molecule has 2 rings (SSSR count). The first kappa shape index (κ1) is 13.6. The second-order valence-electron chi connectivity index (χ2n) is 5.68. The lowest BCUT2D eigenvalue weighted by Crippen LogP contribution is -2.34. The van der Waals surface area contributed by atoms with Gasteiger partial charge in [-0.25, -0.2) is 0 Å². The lowest BCUT2D eigenvalue weighted by Gasteiger charge is -2.36. The Morgan fingerprint density at radius 2 is 2.11 bits per heavy atom. The van der Waals surface area contributed by atoms with Crippen LogP contribution in [0.1, 0.15) is 64.0 Å². The first-order chi connectivity index (χ1) is 8.75. The third kappa shape index (κ3) is 2.46. The van der Waals surface area contributed by atoms with E-state index in [1.807, 2.05) is 0 Å². The highest BCUT2D eigenvalue weighted by molar-refractivity contribution is 5.15. The van der Waals surface area contributed by atoms with Crippen molar-refractivity contribution in [2.75, 3.05) is 7.05 Å². The van der Waals surface area contributed by atoms with Gasteiger partial charge in [0.15, 0.2) is 0 Å². The molecule has 3 nitrogen and oxygen atoms in total. The summed E-state index contributed by atoms with van der Waals surface area (Å²) in [6.07, 6.45) is 12.2. The van der Waals surface area contributed by atoms with E-state index in [0.717, 1.165) is 13.0 Å². The molecule has 3 heteroatoms. The van der Waals surface area contributed by atoms with E-state index >= 15 is 0 Å². The van der Waals surface area contributed by atoms with Crippen molar-refractivity contribution in [3.05, 3.63) is 18.0 Å². The predicted octanol–water partition coefficient (Wildman–Crippen LogP) is 3.52. The molecule has 1 unspecified atom stereocenters. The van der Waals surface area contributed by atoms with E-state index in [0.29, 0.717) is 11.5 Å². The molecule has 1 N–H and O–H groups in total. The van der Waals surface area contributed by atoms with E-state index in [4.69, 9.17) is 0 Å². The Kier molecular flexibility index (Phi) is 4.44. The van der Waals surface area contributed by atoms with Gasteiger partial charge in [0.25, 0.3) is 0 Å². The predicted molar refractivity (Wildman–Crippen MR) is 75.5 cm³/mol. The molecule has 0 aliphatic heterocycles. The minimum Gasteiger partial charge on any atom is -0.312 e. The molecular formula is C15H27N3. The maximum Gasteiger partial charge on any atom is 0.0537 e. The normalized spacial score (nSPS) is 20.2. The van der Waals surface area contributed by atoms with Crippen molar-refractivity contribution in [1.82, 2.24) is 15.1 Å². The Morgan fingerprint density at radius 3 is 2.67 bits per heavy atom. The second-order valence-corrected chi connectivity index (χ2v) is 5.68. The topological polar surface area (TPSA) is 29.9 Å². The fourth-order valence-electron chi connectivity index (χ4n) is 3.63. The van der Waals surface area contributed by atoms with Crippen molar-refractivity contribution >= 4 is 0 Å². The molecule has 1 saturated carbocycles. The SMILES string of the molecule is CCCn1cc(C(NC)C2(CC)CCCC2)cn1. The van der Waals surface area contributed by atoms with Gasteiger partial charge in [-0.15, -0.1) is 0 Å². The van der Waals surface area contributed by atoms with E-state index in [1.54, 1.807) is 0 Å². The van der Waals surface area contributed by atoms with Gasteiger partial charge in [-0.1, -0.05) is 26.7 Å². The Labute approximate surface area is 111 Å². The first-order valence-corrected chi connectivity index (χ1v) is 7.45. The number of aryl methyl sites for hydroxylation is 1. The standard InChI is InChI=1S/C15H27N3/c1-4-10-18-12-13(11-17-18)14(16-3)15(5-2)8-6-7-9-15/h11-12,14,16H,4-10H2,1-3H3. The number of nitrogens with zero attached hydrogens (tertiary/aromatic N) is 2. The molecule has 18 heavy (non-hydrogen) atoms. The van der Waals surface area contributed by atoms with Crippen LogP contribution in [0, 0.1) is 5.41 Å². The Bertz CT molecular complexity index is 364. The number of hydrogen-bond donors (Lipinski definition) is 1. The van der Waals surface area contributed by atoms with Crippen LogP contribution in [0.3, 0.4) is 0 Å². The zero-order valence-corrected chi connectivity index (χ0v) is 12.1. The van der Waals surface area contributed by atoms with E-state index in [2.05, 4.69) is 48.4 Å². The smallest absolute Gasteiger partial charge is 0.0537 e. The van der Waals surface area contributed by atoms with Gasteiger partial charge in [0.05, 0.1) is 6.20 Å². The van der Waals surface area contributed by atoms with Crippen molar-refractivity contribution in [2.45, 2.75) is 65.0 Å². The van der Waals surface area contributed by atoms with Gasteiger partial charge in [-0.2, -0.15) is 5.10 Å². The third-order valence-electron chi connectivity index (χ3n) is 4.64. The molecule has 1 aliphatic carbocycles. The molecule has 102 valence electrons. The summed E-state index contributed by atoms with van der Waals surface area (Å²) in [6.45, 7) is 5.56. The minimum atomic E-state index is 0.453. The third-order valence-corrected chi connectivity index (χ3v) is 4.64. The van der Waals surface area contributed by atoms with Crippen LogP contribution in [0.15, 0.2) is 12.4 Å². The summed E-state index contributed by atoms with van der Waals surface area (Å²) in [5.41, 5.74) is 1.82. The largest absolute Gasteiger partial charge is 0.312 e. The maximum absolute atomic E-state index is 4.49. The molecule has 0 radical (unpaired) electrons. The molecule has 1 aliphatic rings. The van der Waals surface area contributed by atoms with Crippen LogP contribution < -0.4 is 5.32 Å². The van der Waals surface area contributed by atoms with Crippen LogP contribution in [0.25, 0.3) is 0 Å². The summed E-state index contributed by atoms with van der Waals surface area (Å²) in [7, 11) is 2.09. The Balaban J connectivity index is 2.20. The van der Waals surface area contributed by atoms with E-state index in [1.165, 1.54) is 37.7 Å². The van der Waals surface area contributed by atoms with Crippen molar-refractivity contribution in [3.8, 4) is 0 Å². The molecule has 0 amide bonds. The van der Waals surface area contributed by atoms with E-state index in [9.17, 15) is 0 Å². The zero-order valence-electron chi connectivity index (χ0n) is 12.1. The highest BCUT2D eigenvalue weighted by Gasteiger charge is 2.40. The summed E-state index contributed by atoms with van der Waals surface area (Å²) >= 11 is 0. The molecule has 0 saturated heterocycles. The van der Waals surface area contributed by atoms with Crippen molar-refractivity contribution in [1.29, 1.82) is 0 Å². The molecule has 0 bridgehead atoms. The molecule has 1 aromatic rings. The fraction of sp³-hybridized carbons (Fsp3) is 0.800. The maximum atomic E-state index is 4.49. The van der Waals surface area contributed by atoms with Crippen LogP contribution in [0.4, 0.5) is 0 Å². The summed E-state index contributed by atoms with van der Waals surface area (Å²) in [5.74, 6) is 0. The first-order valence-electron chi connectivity index (χ1n) is 7.45. The molecule has 1 heterocycles. The van der Waals surface area contributed by atoms with Crippen LogP contribution >= 0.6 is 0 Å². The average molecular weight is 249 g/mol. The Morgan fingerprint density at radius 1 is 1.39 bits per heavy atom. The molecule has 0 aromatic carbocycles. The quantitative estimate of drug-likeness (QED) is 0.836. The fourth-order valence-corrected chi connectivity index (χ4v) is 3.63. The van der Waals surface area contributed by atoms with E-state index in [-0.39, 0.29) is 0 Å². The highest BCUT2D eigenvalue weighted by atomic mass is 15.3. The summed E-state index contributed by atoms with van der Waals surface area (Å²) in [5, 5.41) is 8.04.